The number of hydrogen-bond acceptors (Lipinski definition) is 8. The summed E-state index contributed by atoms with van der Waals surface area (Å²) in [6.07, 6.45) is 3.96. The summed E-state index contributed by atoms with van der Waals surface area (Å²) < 4.78 is 17.5. The van der Waals surface area contributed by atoms with E-state index >= 15 is 0 Å². The van der Waals surface area contributed by atoms with Crippen LogP contribution in [0.2, 0.25) is 0 Å². The van der Waals surface area contributed by atoms with Crippen LogP contribution in [0.1, 0.15) is 40.5 Å². The number of rotatable bonds is 7. The number of aromatic nitrogens is 2. The maximum atomic E-state index is 13.6. The summed E-state index contributed by atoms with van der Waals surface area (Å²) in [4.78, 5) is 26.7. The predicted octanol–water partition coefficient (Wildman–Crippen LogP) is 5.70. The van der Waals surface area contributed by atoms with Crippen LogP contribution in [0.3, 0.4) is 0 Å². The lowest BCUT2D eigenvalue weighted by Crippen LogP contribution is -2.51. The van der Waals surface area contributed by atoms with E-state index in [1.807, 2.05) is 43.3 Å². The molecule has 2 aliphatic rings. The summed E-state index contributed by atoms with van der Waals surface area (Å²) in [5, 5.41) is 3.27. The lowest BCUT2D eigenvalue weighted by atomic mass is 9.99. The van der Waals surface area contributed by atoms with Gasteiger partial charge in [0, 0.05) is 24.8 Å². The molecule has 0 radical (unpaired) electrons. The molecule has 9 nitrogen and oxygen atoms in total. The molecule has 3 aromatic rings. The van der Waals surface area contributed by atoms with Crippen LogP contribution in [0.15, 0.2) is 48.7 Å². The Kier molecular flexibility index (Phi) is 7.01. The molecule has 0 saturated carbocycles. The van der Waals surface area contributed by atoms with Gasteiger partial charge in [0.1, 0.15) is 11.5 Å². The lowest BCUT2D eigenvalue weighted by molar-refractivity contribution is -0.131. The third kappa shape index (κ3) is 4.92. The fourth-order valence-electron chi connectivity index (χ4n) is 4.85. The molecule has 1 saturated heterocycles. The monoisotopic (exact) mass is 517 g/mol. The summed E-state index contributed by atoms with van der Waals surface area (Å²) in [5.41, 5.74) is 1.35. The predicted molar refractivity (Wildman–Crippen MR) is 148 cm³/mol. The number of benzene rings is 2. The quantitative estimate of drug-likeness (QED) is 0.427. The van der Waals surface area contributed by atoms with Crippen molar-refractivity contribution in [1.82, 2.24) is 9.97 Å². The number of carbonyl (C=O) groups excluding carboxylic acids is 1. The number of ether oxygens (including phenoxy) is 3. The van der Waals surface area contributed by atoms with Crippen molar-refractivity contribution in [3.8, 4) is 17.2 Å². The molecule has 5 rings (SSSR count). The van der Waals surface area contributed by atoms with E-state index in [4.69, 9.17) is 19.2 Å². The van der Waals surface area contributed by atoms with Gasteiger partial charge in [0.05, 0.1) is 31.3 Å². The first-order chi connectivity index (χ1) is 18.3. The molecule has 0 atom stereocenters. The first kappa shape index (κ1) is 25.6. The molecule has 1 aromatic heterocycles. The molecular weight excluding hydrogens is 482 g/mol. The van der Waals surface area contributed by atoms with Gasteiger partial charge in [-0.15, -0.1) is 0 Å². The second-order valence-electron chi connectivity index (χ2n) is 10.2. The van der Waals surface area contributed by atoms with Crippen molar-refractivity contribution in [1.29, 1.82) is 0 Å². The van der Waals surface area contributed by atoms with E-state index in [0.29, 0.717) is 41.3 Å². The van der Waals surface area contributed by atoms with Gasteiger partial charge in [0.2, 0.25) is 5.95 Å². The number of hydrogen-bond donors (Lipinski definition) is 1. The Bertz CT molecular complexity index is 1320. The third-order valence-electron chi connectivity index (χ3n) is 7.02. The minimum absolute atomic E-state index is 0.250. The second-order valence-corrected chi connectivity index (χ2v) is 10.2. The fraction of sp³-hybridized carbons (Fsp3) is 0.414. The standard InChI is InChI=1S/C29H35N5O4/c1-6-37-23-10-8-7-9-22(23)34-26-25(38-29(3,4)27(34)35)18-30-28(32-26)31-21-12-11-20(17-24(21)36-5)33-15-13-19(2)14-16-33/h7-12,17-19H,6,13-16H2,1-5H3,(H,30,31,32). The molecule has 200 valence electrons. The number of amides is 1. The zero-order valence-electron chi connectivity index (χ0n) is 22.7. The number of fused-ring (bicyclic) bond motifs is 1. The molecule has 0 aliphatic carbocycles. The second kappa shape index (κ2) is 10.4. The summed E-state index contributed by atoms with van der Waals surface area (Å²) in [6.45, 7) is 10.2. The van der Waals surface area contributed by atoms with Gasteiger partial charge in [-0.25, -0.2) is 4.98 Å². The maximum Gasteiger partial charge on any atom is 0.276 e. The van der Waals surface area contributed by atoms with E-state index < -0.39 is 5.60 Å². The number of methoxy groups -OCH3 is 1. The number of carbonyl (C=O) groups is 1. The molecule has 0 spiro atoms. The average Bonchev–Trinajstić information content (AvgIpc) is 2.91. The van der Waals surface area contributed by atoms with Gasteiger partial charge in [-0.2, -0.15) is 4.98 Å². The van der Waals surface area contributed by atoms with Crippen LogP contribution in [-0.2, 0) is 4.79 Å². The van der Waals surface area contributed by atoms with Crippen molar-refractivity contribution in [3.63, 3.8) is 0 Å². The van der Waals surface area contributed by atoms with Crippen LogP contribution in [-0.4, -0.2) is 48.3 Å². The number of anilines is 5. The van der Waals surface area contributed by atoms with Crippen molar-refractivity contribution in [2.45, 2.75) is 46.1 Å². The summed E-state index contributed by atoms with van der Waals surface area (Å²) in [5.74, 6) is 2.86. The van der Waals surface area contributed by atoms with E-state index in [1.54, 1.807) is 32.1 Å². The SMILES string of the molecule is CCOc1ccccc1N1C(=O)C(C)(C)Oc2cnc(Nc3ccc(N4CCC(C)CC4)cc3OC)nc21. The Morgan fingerprint density at radius 3 is 2.63 bits per heavy atom. The number of nitrogens with zero attached hydrogens (tertiary/aromatic N) is 4. The molecule has 0 unspecified atom stereocenters. The van der Waals surface area contributed by atoms with Crippen molar-refractivity contribution < 1.29 is 19.0 Å². The van der Waals surface area contributed by atoms with E-state index in [-0.39, 0.29) is 5.91 Å². The summed E-state index contributed by atoms with van der Waals surface area (Å²) in [7, 11) is 1.65. The van der Waals surface area contributed by atoms with Crippen LogP contribution in [0.25, 0.3) is 0 Å². The van der Waals surface area contributed by atoms with Gasteiger partial charge in [-0.1, -0.05) is 19.1 Å². The van der Waals surface area contributed by atoms with E-state index in [9.17, 15) is 4.79 Å². The van der Waals surface area contributed by atoms with Gasteiger partial charge in [-0.05, 0) is 63.8 Å². The van der Waals surface area contributed by atoms with Crippen LogP contribution in [0.5, 0.6) is 17.2 Å². The van der Waals surface area contributed by atoms with Gasteiger partial charge >= 0.3 is 0 Å². The smallest absolute Gasteiger partial charge is 0.276 e. The summed E-state index contributed by atoms with van der Waals surface area (Å²) in [6, 6.07) is 13.5. The zero-order valence-corrected chi connectivity index (χ0v) is 22.7. The molecule has 9 heteroatoms. The number of para-hydroxylation sites is 2. The highest BCUT2D eigenvalue weighted by Crippen LogP contribution is 2.44. The highest BCUT2D eigenvalue weighted by molar-refractivity contribution is 6.08. The van der Waals surface area contributed by atoms with Crippen molar-refractivity contribution in [2.75, 3.05) is 41.9 Å². The van der Waals surface area contributed by atoms with Gasteiger partial charge in [0.25, 0.3) is 5.91 Å². The summed E-state index contributed by atoms with van der Waals surface area (Å²) >= 11 is 0. The topological polar surface area (TPSA) is 89.0 Å². The Balaban J connectivity index is 1.48. The molecule has 1 fully saturated rings. The first-order valence-corrected chi connectivity index (χ1v) is 13.1. The van der Waals surface area contributed by atoms with Crippen LogP contribution in [0.4, 0.5) is 28.8 Å². The molecule has 2 aromatic carbocycles. The highest BCUT2D eigenvalue weighted by atomic mass is 16.5. The number of piperidine rings is 1. The van der Waals surface area contributed by atoms with E-state index in [1.165, 1.54) is 12.8 Å². The highest BCUT2D eigenvalue weighted by Gasteiger charge is 2.44. The maximum absolute atomic E-state index is 13.6. The Hall–Kier alpha value is -4.01. The van der Waals surface area contributed by atoms with Gasteiger partial charge in [-0.3, -0.25) is 9.69 Å². The largest absolute Gasteiger partial charge is 0.494 e. The first-order valence-electron chi connectivity index (χ1n) is 13.1. The van der Waals surface area contributed by atoms with Gasteiger partial charge in [0.15, 0.2) is 17.2 Å². The van der Waals surface area contributed by atoms with Crippen LogP contribution < -0.4 is 29.3 Å². The zero-order chi connectivity index (χ0) is 26.9. The molecule has 38 heavy (non-hydrogen) atoms. The minimum atomic E-state index is -1.10. The fourth-order valence-corrected chi connectivity index (χ4v) is 4.85. The Labute approximate surface area is 223 Å². The lowest BCUT2D eigenvalue weighted by Gasteiger charge is -2.38. The average molecular weight is 518 g/mol. The molecule has 2 aliphatic heterocycles. The Morgan fingerprint density at radius 1 is 1.13 bits per heavy atom. The van der Waals surface area contributed by atoms with Crippen LogP contribution >= 0.6 is 0 Å². The number of nitrogens with one attached hydrogen (secondary N) is 1. The molecule has 1 N–H and O–H groups in total. The van der Waals surface area contributed by atoms with E-state index in [0.717, 1.165) is 30.4 Å². The van der Waals surface area contributed by atoms with Crippen molar-refractivity contribution in [2.24, 2.45) is 5.92 Å². The molecule has 1 amide bonds. The Morgan fingerprint density at radius 2 is 1.89 bits per heavy atom. The van der Waals surface area contributed by atoms with Crippen molar-refractivity contribution in [3.05, 3.63) is 48.7 Å². The van der Waals surface area contributed by atoms with Crippen LogP contribution in [0, 0.1) is 5.92 Å². The minimum Gasteiger partial charge on any atom is -0.494 e. The molecule has 0 bridgehead atoms. The molecule has 3 heterocycles. The van der Waals surface area contributed by atoms with Gasteiger partial charge < -0.3 is 24.4 Å². The third-order valence-corrected chi connectivity index (χ3v) is 7.02. The van der Waals surface area contributed by atoms with E-state index in [2.05, 4.69) is 28.2 Å². The van der Waals surface area contributed by atoms with Crippen molar-refractivity contribution >= 4 is 34.7 Å². The normalized spacial score (nSPS) is 17.0. The molecular formula is C29H35N5O4.